The zero-order valence-corrected chi connectivity index (χ0v) is 28.8. The minimum absolute atomic E-state index is 0.0431. The molecule has 0 radical (unpaired) electrons. The number of piperidine rings is 1. The fourth-order valence-corrected chi connectivity index (χ4v) is 7.98. The zero-order chi connectivity index (χ0) is 35.6. The smallest absolute Gasteiger partial charge is 0.255 e. The van der Waals surface area contributed by atoms with Crippen LogP contribution < -0.4 is 16.0 Å². The van der Waals surface area contributed by atoms with Crippen LogP contribution in [0.5, 0.6) is 0 Å². The lowest BCUT2D eigenvalue weighted by atomic mass is 9.91. The van der Waals surface area contributed by atoms with Crippen molar-refractivity contribution >= 4 is 29.1 Å². The summed E-state index contributed by atoms with van der Waals surface area (Å²) in [5, 5.41) is 23.3. The van der Waals surface area contributed by atoms with Gasteiger partial charge in [0.25, 0.3) is 5.91 Å². The topological polar surface area (TPSA) is 140 Å². The molecule has 1 aromatic heterocycles. The molecule has 11 heteroatoms. The van der Waals surface area contributed by atoms with E-state index in [1.54, 1.807) is 6.07 Å². The summed E-state index contributed by atoms with van der Waals surface area (Å²) < 4.78 is 20.9. The van der Waals surface area contributed by atoms with Crippen molar-refractivity contribution in [1.29, 1.82) is 5.26 Å². The van der Waals surface area contributed by atoms with E-state index in [-0.39, 0.29) is 54.1 Å². The van der Waals surface area contributed by atoms with Crippen molar-refractivity contribution in [2.45, 2.75) is 76.9 Å². The van der Waals surface area contributed by atoms with Crippen molar-refractivity contribution < 1.29 is 23.3 Å². The largest absolute Gasteiger partial charge is 0.382 e. The van der Waals surface area contributed by atoms with Gasteiger partial charge in [0.1, 0.15) is 17.6 Å². The minimum Gasteiger partial charge on any atom is -0.382 e. The number of hydrogen-bond acceptors (Lipinski definition) is 8. The van der Waals surface area contributed by atoms with Gasteiger partial charge in [-0.3, -0.25) is 19.7 Å². The first-order valence-corrected chi connectivity index (χ1v) is 17.6. The van der Waals surface area contributed by atoms with E-state index in [0.717, 1.165) is 64.2 Å². The van der Waals surface area contributed by atoms with E-state index in [4.69, 9.17) is 4.52 Å². The van der Waals surface area contributed by atoms with Crippen LogP contribution >= 0.6 is 0 Å². The van der Waals surface area contributed by atoms with Gasteiger partial charge in [0, 0.05) is 36.3 Å². The molecule has 4 unspecified atom stereocenters. The van der Waals surface area contributed by atoms with Gasteiger partial charge >= 0.3 is 0 Å². The average Bonchev–Trinajstić information content (AvgIpc) is 4.03. The monoisotopic (exact) mass is 686 g/mol. The Hall–Kier alpha value is -5.50. The molecule has 260 valence electrons. The highest BCUT2D eigenvalue weighted by atomic mass is 19.1. The van der Waals surface area contributed by atoms with Gasteiger partial charge < -0.3 is 20.1 Å². The molecule has 8 rings (SSSR count). The second kappa shape index (κ2) is 12.4. The summed E-state index contributed by atoms with van der Waals surface area (Å²) in [4.78, 5) is 38.7. The number of nitriles is 1. The van der Waals surface area contributed by atoms with Crippen LogP contribution in [0.25, 0.3) is 11.1 Å². The Morgan fingerprint density at radius 2 is 1.88 bits per heavy atom. The molecule has 0 spiro atoms. The number of rotatable bonds is 10. The Kier molecular flexibility index (Phi) is 7.93. The van der Waals surface area contributed by atoms with Crippen LogP contribution in [0.2, 0.25) is 0 Å². The fourth-order valence-electron chi connectivity index (χ4n) is 7.98. The Morgan fingerprint density at radius 1 is 1.10 bits per heavy atom. The van der Waals surface area contributed by atoms with E-state index in [9.17, 15) is 19.6 Å². The Labute approximate surface area is 295 Å². The van der Waals surface area contributed by atoms with Crippen LogP contribution in [0.4, 0.5) is 15.8 Å². The van der Waals surface area contributed by atoms with Crippen LogP contribution in [0.1, 0.15) is 82.2 Å². The van der Waals surface area contributed by atoms with Gasteiger partial charge in [-0.25, -0.2) is 4.39 Å². The number of fused-ring (bicyclic) bond motifs is 1. The second-order valence-corrected chi connectivity index (χ2v) is 14.6. The lowest BCUT2D eigenvalue weighted by molar-refractivity contribution is -0.136. The maximum absolute atomic E-state index is 15.4. The number of amides is 3. The van der Waals surface area contributed by atoms with Gasteiger partial charge in [-0.2, -0.15) is 5.26 Å². The number of nitrogens with one attached hydrogen (secondary N) is 3. The predicted molar refractivity (Wildman–Crippen MR) is 188 cm³/mol. The number of anilines is 2. The normalized spacial score (nSPS) is 22.2. The van der Waals surface area contributed by atoms with Crippen molar-refractivity contribution in [1.82, 2.24) is 15.4 Å². The number of imide groups is 1. The third kappa shape index (κ3) is 5.92. The van der Waals surface area contributed by atoms with Crippen LogP contribution in [0.3, 0.4) is 0 Å². The van der Waals surface area contributed by atoms with Gasteiger partial charge in [-0.1, -0.05) is 29.4 Å². The fraction of sp³-hybridized carbons (Fsp3) is 0.375. The van der Waals surface area contributed by atoms with Gasteiger partial charge in [0.05, 0.1) is 28.9 Å². The number of aryl methyl sites for hydroxylation is 3. The molecule has 4 atom stereocenters. The summed E-state index contributed by atoms with van der Waals surface area (Å²) >= 11 is 0. The molecule has 51 heavy (non-hydrogen) atoms. The third-order valence-corrected chi connectivity index (χ3v) is 11.2. The standard InChI is InChI=1S/C40H39FN6O4/c1-21-4-5-24(36-22(2)46-51-23(36)3)14-29(21)37(44-28-8-6-27(7-9-28)40(20-42)12-13-40)30-15-25(30)18-43-33-16-26-19-47(39(50)31(26)17-32(33)41)34-10-11-35(48)45-38(34)49/h4-9,14,16-17,25,30,34,37,43-44H,10-13,15,18-19H2,1-3H3,(H,45,48,49). The molecular formula is C40H39FN6O4. The molecule has 3 heterocycles. The number of carbonyl (C=O) groups excluding carboxylic acids is 3. The molecule has 2 aliphatic carbocycles. The molecule has 2 aliphatic heterocycles. The van der Waals surface area contributed by atoms with Gasteiger partial charge in [0.15, 0.2) is 0 Å². The summed E-state index contributed by atoms with van der Waals surface area (Å²) in [5.74, 6) is -0.515. The molecule has 3 aromatic carbocycles. The summed E-state index contributed by atoms with van der Waals surface area (Å²) in [5.41, 5.74) is 8.05. The molecule has 1 saturated heterocycles. The Bertz CT molecular complexity index is 2110. The predicted octanol–water partition coefficient (Wildman–Crippen LogP) is 6.62. The minimum atomic E-state index is -0.754. The Morgan fingerprint density at radius 3 is 2.57 bits per heavy atom. The quantitative estimate of drug-likeness (QED) is 0.158. The number of aromatic nitrogens is 1. The molecule has 3 fully saturated rings. The average molecular weight is 687 g/mol. The van der Waals surface area contributed by atoms with Crippen molar-refractivity contribution in [2.75, 3.05) is 17.2 Å². The molecular weight excluding hydrogens is 647 g/mol. The first kappa shape index (κ1) is 32.7. The number of hydrogen-bond donors (Lipinski definition) is 3. The van der Waals surface area contributed by atoms with Crippen LogP contribution in [0, 0.1) is 49.8 Å². The first-order chi connectivity index (χ1) is 24.5. The molecule has 4 aliphatic rings. The highest BCUT2D eigenvalue weighted by Gasteiger charge is 2.46. The van der Waals surface area contributed by atoms with E-state index in [2.05, 4.69) is 76.6 Å². The SMILES string of the molecule is Cc1ccc(-c2c(C)noc2C)cc1C(Nc1ccc(C2(C#N)CC2)cc1)C1CC1CNc1cc2c(cc1F)C(=O)N(C1CCC(=O)NC1=O)C2. The summed E-state index contributed by atoms with van der Waals surface area (Å²) in [6.45, 7) is 6.70. The summed E-state index contributed by atoms with van der Waals surface area (Å²) in [6, 6.07) is 19.3. The van der Waals surface area contributed by atoms with Crippen LogP contribution in [0.15, 0.2) is 59.1 Å². The highest BCUT2D eigenvalue weighted by molar-refractivity contribution is 6.05. The van der Waals surface area contributed by atoms with E-state index in [0.29, 0.717) is 17.8 Å². The molecule has 4 aromatic rings. The van der Waals surface area contributed by atoms with Gasteiger partial charge in [-0.15, -0.1) is 0 Å². The van der Waals surface area contributed by atoms with Gasteiger partial charge in [0.2, 0.25) is 11.8 Å². The Balaban J connectivity index is 1.02. The number of halogens is 1. The summed E-state index contributed by atoms with van der Waals surface area (Å²) in [6.07, 6.45) is 3.11. The molecule has 0 bridgehead atoms. The molecule has 3 amide bonds. The maximum Gasteiger partial charge on any atom is 0.255 e. The van der Waals surface area contributed by atoms with Crippen LogP contribution in [-0.4, -0.2) is 40.4 Å². The highest BCUT2D eigenvalue weighted by Crippen LogP contribution is 2.51. The lowest BCUT2D eigenvalue weighted by Gasteiger charge is -2.29. The zero-order valence-electron chi connectivity index (χ0n) is 28.8. The van der Waals surface area contributed by atoms with Crippen molar-refractivity contribution in [3.05, 3.63) is 99.7 Å². The number of carbonyl (C=O) groups is 3. The van der Waals surface area contributed by atoms with E-state index < -0.39 is 23.7 Å². The molecule has 2 saturated carbocycles. The number of nitrogens with zero attached hydrogens (tertiary/aromatic N) is 3. The lowest BCUT2D eigenvalue weighted by Crippen LogP contribution is -2.52. The van der Waals surface area contributed by atoms with E-state index in [1.165, 1.54) is 11.0 Å². The summed E-state index contributed by atoms with van der Waals surface area (Å²) in [7, 11) is 0. The van der Waals surface area contributed by atoms with Crippen molar-refractivity contribution in [3.63, 3.8) is 0 Å². The second-order valence-electron chi connectivity index (χ2n) is 14.6. The van der Waals surface area contributed by atoms with Gasteiger partial charge in [-0.05, 0) is 116 Å². The maximum atomic E-state index is 15.4. The first-order valence-electron chi connectivity index (χ1n) is 17.6. The van der Waals surface area contributed by atoms with Crippen LogP contribution in [-0.2, 0) is 21.5 Å². The van der Waals surface area contributed by atoms with E-state index in [1.807, 2.05) is 13.8 Å². The molecule has 3 N–H and O–H groups in total. The third-order valence-electron chi connectivity index (χ3n) is 11.2. The van der Waals surface area contributed by atoms with Crippen molar-refractivity contribution in [2.24, 2.45) is 11.8 Å². The van der Waals surface area contributed by atoms with Crippen molar-refractivity contribution in [3.8, 4) is 17.2 Å². The number of benzene rings is 3. The molecule has 10 nitrogen and oxygen atoms in total. The van der Waals surface area contributed by atoms with E-state index >= 15 is 4.39 Å².